The molecule has 2 aromatic carbocycles. The molecule has 2 saturated heterocycles. The van der Waals surface area contributed by atoms with Crippen molar-refractivity contribution in [3.8, 4) is 5.69 Å². The number of amidine groups is 1. The van der Waals surface area contributed by atoms with Gasteiger partial charge in [-0.3, -0.25) is 5.01 Å². The van der Waals surface area contributed by atoms with E-state index in [2.05, 4.69) is 27.2 Å². The average Bonchev–Trinajstić information content (AvgIpc) is 3.58. The molecule has 3 aliphatic rings. The third kappa shape index (κ3) is 3.77. The smallest absolute Gasteiger partial charge is 0.191 e. The fraction of sp³-hybridized carbons (Fsp3) is 0.345. The van der Waals surface area contributed by atoms with Gasteiger partial charge in [0.05, 0.1) is 55.7 Å². The molecule has 1 N–H and O–H groups in total. The fourth-order valence-corrected chi connectivity index (χ4v) is 6.22. The molecule has 10 heteroatoms. The van der Waals surface area contributed by atoms with Gasteiger partial charge in [0.15, 0.2) is 11.4 Å². The average molecular weight is 529 g/mol. The van der Waals surface area contributed by atoms with Crippen LogP contribution in [0.1, 0.15) is 23.2 Å². The summed E-state index contributed by atoms with van der Waals surface area (Å²) in [5.41, 5.74) is 4.44. The van der Waals surface area contributed by atoms with Crippen LogP contribution in [0.2, 0.25) is 0 Å². The Balaban J connectivity index is 1.36. The SMILES string of the molecule is Cc1cn(-c2ccc(C=C3CC4(COC4)CN4C3=NN(C)CC4(CO)c3ccc(F)cc3)c3cnoc23)cn1. The van der Waals surface area contributed by atoms with Gasteiger partial charge in [0.1, 0.15) is 11.4 Å². The van der Waals surface area contributed by atoms with Gasteiger partial charge in [-0.15, -0.1) is 0 Å². The van der Waals surface area contributed by atoms with Gasteiger partial charge in [0, 0.05) is 25.2 Å². The number of benzene rings is 2. The van der Waals surface area contributed by atoms with Crippen LogP contribution in [0.5, 0.6) is 0 Å². The summed E-state index contributed by atoms with van der Waals surface area (Å²) >= 11 is 0. The molecule has 0 radical (unpaired) electrons. The van der Waals surface area contributed by atoms with Crippen molar-refractivity contribution in [2.75, 3.05) is 40.0 Å². The number of hydrazone groups is 1. The number of hydrogen-bond donors (Lipinski definition) is 1. The third-order valence-corrected chi connectivity index (χ3v) is 8.19. The molecule has 1 spiro atoms. The Kier molecular flexibility index (Phi) is 5.40. The van der Waals surface area contributed by atoms with Gasteiger partial charge in [0.2, 0.25) is 0 Å². The van der Waals surface area contributed by atoms with Crippen molar-refractivity contribution >= 4 is 22.9 Å². The van der Waals surface area contributed by atoms with Crippen molar-refractivity contribution in [3.05, 3.63) is 83.3 Å². The molecule has 0 aliphatic carbocycles. The Labute approximate surface area is 224 Å². The van der Waals surface area contributed by atoms with E-state index in [1.54, 1.807) is 24.7 Å². The zero-order chi connectivity index (χ0) is 26.8. The Morgan fingerprint density at radius 3 is 2.64 bits per heavy atom. The van der Waals surface area contributed by atoms with Gasteiger partial charge in [-0.1, -0.05) is 23.4 Å². The lowest BCUT2D eigenvalue weighted by molar-refractivity contribution is -0.139. The maximum atomic E-state index is 13.9. The minimum absolute atomic E-state index is 0.0940. The summed E-state index contributed by atoms with van der Waals surface area (Å²) in [6.07, 6.45) is 8.39. The number of nitrogens with zero attached hydrogens (tertiary/aromatic N) is 6. The van der Waals surface area contributed by atoms with Crippen LogP contribution in [-0.4, -0.2) is 75.5 Å². The predicted molar refractivity (Wildman–Crippen MR) is 144 cm³/mol. The highest BCUT2D eigenvalue weighted by Crippen LogP contribution is 2.47. The van der Waals surface area contributed by atoms with Gasteiger partial charge in [0.25, 0.3) is 0 Å². The van der Waals surface area contributed by atoms with Gasteiger partial charge in [-0.2, -0.15) is 5.10 Å². The standard InChI is InChI=1S/C29H29FN6O3/c1-19-12-35(18-31-19)25-8-3-20(24-11-32-39-26(24)25)9-21-10-28(16-38-17-28)13-36-27(21)33-34(2)14-29(36,15-37)22-4-6-23(30)7-5-22/h3-9,11-12,18,37H,10,13-17H2,1-2H3. The summed E-state index contributed by atoms with van der Waals surface area (Å²) in [5.74, 6) is 0.499. The lowest BCUT2D eigenvalue weighted by Crippen LogP contribution is -2.67. The maximum absolute atomic E-state index is 13.9. The van der Waals surface area contributed by atoms with Gasteiger partial charge >= 0.3 is 0 Å². The number of hydrogen-bond acceptors (Lipinski definition) is 8. The Morgan fingerprint density at radius 2 is 1.95 bits per heavy atom. The third-order valence-electron chi connectivity index (χ3n) is 8.19. The molecule has 4 aromatic rings. The molecule has 9 nitrogen and oxygen atoms in total. The number of aliphatic hydroxyl groups is 1. The molecule has 0 saturated carbocycles. The molecule has 1 atom stereocenters. The van der Waals surface area contributed by atoms with Crippen LogP contribution in [-0.2, 0) is 10.3 Å². The van der Waals surface area contributed by atoms with Crippen molar-refractivity contribution in [3.63, 3.8) is 0 Å². The van der Waals surface area contributed by atoms with Crippen LogP contribution in [0.25, 0.3) is 22.7 Å². The minimum atomic E-state index is -0.780. The number of aromatic nitrogens is 3. The highest BCUT2D eigenvalue weighted by Gasteiger charge is 2.54. The molecule has 2 fully saturated rings. The van der Waals surface area contributed by atoms with Crippen molar-refractivity contribution in [2.45, 2.75) is 18.9 Å². The van der Waals surface area contributed by atoms with Crippen LogP contribution < -0.4 is 0 Å². The van der Waals surface area contributed by atoms with Crippen LogP contribution in [0.4, 0.5) is 4.39 Å². The molecule has 1 unspecified atom stereocenters. The lowest BCUT2D eigenvalue weighted by atomic mass is 9.72. The molecule has 39 heavy (non-hydrogen) atoms. The van der Waals surface area contributed by atoms with Crippen LogP contribution in [0.15, 0.2) is 70.3 Å². The molecule has 200 valence electrons. The van der Waals surface area contributed by atoms with Gasteiger partial charge in [-0.25, -0.2) is 9.37 Å². The van der Waals surface area contributed by atoms with E-state index in [9.17, 15) is 9.50 Å². The van der Waals surface area contributed by atoms with E-state index >= 15 is 0 Å². The largest absolute Gasteiger partial charge is 0.393 e. The fourth-order valence-electron chi connectivity index (χ4n) is 6.22. The number of ether oxygens (including phenoxy) is 1. The molecule has 2 aromatic heterocycles. The number of rotatable bonds is 4. The topological polar surface area (TPSA) is 92.2 Å². The number of aryl methyl sites for hydroxylation is 1. The quantitative estimate of drug-likeness (QED) is 0.432. The van der Waals surface area contributed by atoms with E-state index in [-0.39, 0.29) is 17.8 Å². The summed E-state index contributed by atoms with van der Waals surface area (Å²) in [4.78, 5) is 6.56. The van der Waals surface area contributed by atoms with E-state index in [4.69, 9.17) is 14.4 Å². The van der Waals surface area contributed by atoms with Crippen LogP contribution >= 0.6 is 0 Å². The minimum Gasteiger partial charge on any atom is -0.393 e. The van der Waals surface area contributed by atoms with Gasteiger partial charge < -0.3 is 23.8 Å². The van der Waals surface area contributed by atoms with E-state index in [1.165, 1.54) is 12.1 Å². The summed E-state index contributed by atoms with van der Waals surface area (Å²) in [7, 11) is 1.91. The first kappa shape index (κ1) is 24.1. The number of piperidine rings is 1. The lowest BCUT2D eigenvalue weighted by Gasteiger charge is -2.58. The van der Waals surface area contributed by atoms with Crippen molar-refractivity contribution in [1.82, 2.24) is 24.6 Å². The number of fused-ring (bicyclic) bond motifs is 2. The first-order valence-corrected chi connectivity index (χ1v) is 13.0. The number of aliphatic hydroxyl groups excluding tert-OH is 1. The zero-order valence-electron chi connectivity index (χ0n) is 21.8. The number of imidazole rings is 1. The first-order chi connectivity index (χ1) is 18.9. The molecule has 3 aliphatic heterocycles. The molecular formula is C29H29FN6O3. The first-order valence-electron chi connectivity index (χ1n) is 13.0. The maximum Gasteiger partial charge on any atom is 0.191 e. The Morgan fingerprint density at radius 1 is 1.13 bits per heavy atom. The second kappa shape index (κ2) is 8.75. The number of likely N-dealkylation sites (N-methyl/N-ethyl adjacent to an activating group) is 1. The summed E-state index contributed by atoms with van der Waals surface area (Å²) in [6, 6.07) is 10.5. The highest BCUT2D eigenvalue weighted by molar-refractivity contribution is 6.05. The number of halogens is 1. The molecule has 5 heterocycles. The van der Waals surface area contributed by atoms with E-state index < -0.39 is 5.54 Å². The van der Waals surface area contributed by atoms with Crippen molar-refractivity contribution in [2.24, 2.45) is 10.5 Å². The Bertz CT molecular complexity index is 1620. The summed E-state index contributed by atoms with van der Waals surface area (Å²) < 4.78 is 27.2. The van der Waals surface area contributed by atoms with Crippen LogP contribution in [0, 0.1) is 18.2 Å². The molecule has 7 rings (SSSR count). The molecule has 0 amide bonds. The molecule has 0 bridgehead atoms. The van der Waals surface area contributed by atoms with Crippen molar-refractivity contribution < 1.29 is 18.8 Å². The van der Waals surface area contributed by atoms with Crippen LogP contribution in [0.3, 0.4) is 0 Å². The molecular weight excluding hydrogens is 499 g/mol. The zero-order valence-corrected chi connectivity index (χ0v) is 21.8. The predicted octanol–water partition coefficient (Wildman–Crippen LogP) is 3.71. The van der Waals surface area contributed by atoms with E-state index in [1.807, 2.05) is 35.8 Å². The van der Waals surface area contributed by atoms with Crippen molar-refractivity contribution in [1.29, 1.82) is 0 Å². The van der Waals surface area contributed by atoms with E-state index in [0.29, 0.717) is 31.9 Å². The summed E-state index contributed by atoms with van der Waals surface area (Å²) in [6.45, 7) is 4.24. The normalized spacial score (nSPS) is 23.3. The van der Waals surface area contributed by atoms with Gasteiger partial charge in [-0.05, 0) is 54.3 Å². The monoisotopic (exact) mass is 528 g/mol. The second-order valence-corrected chi connectivity index (χ2v) is 11.0. The highest BCUT2D eigenvalue weighted by atomic mass is 19.1. The Hall–Kier alpha value is -4.02. The van der Waals surface area contributed by atoms with E-state index in [0.717, 1.165) is 45.7 Å². The second-order valence-electron chi connectivity index (χ2n) is 11.0. The summed E-state index contributed by atoms with van der Waals surface area (Å²) in [5, 5.41) is 22.7.